The molecule has 124 valence electrons. The lowest BCUT2D eigenvalue weighted by molar-refractivity contribution is 0.353. The first-order valence-electron chi connectivity index (χ1n) is 9.71. The van der Waals surface area contributed by atoms with Gasteiger partial charge < -0.3 is 0 Å². The number of allylic oxidation sites excluding steroid dienone is 4. The molecule has 1 heteroatoms. The van der Waals surface area contributed by atoms with Crippen molar-refractivity contribution in [3.8, 4) is 0 Å². The van der Waals surface area contributed by atoms with Crippen LogP contribution in [0.15, 0.2) is 52.8 Å². The van der Waals surface area contributed by atoms with Crippen molar-refractivity contribution in [3.05, 3.63) is 52.8 Å². The fourth-order valence-corrected chi connectivity index (χ4v) is 6.14. The van der Waals surface area contributed by atoms with Gasteiger partial charge in [0.15, 0.2) is 0 Å². The Morgan fingerprint density at radius 3 is 2.52 bits per heavy atom. The summed E-state index contributed by atoms with van der Waals surface area (Å²) in [5.41, 5.74) is 3.53. The first kappa shape index (κ1) is 16.8. The average Bonchev–Trinajstić information content (AvgIpc) is 2.98. The Morgan fingerprint density at radius 2 is 1.83 bits per heavy atom. The highest BCUT2D eigenvalue weighted by Crippen LogP contribution is 2.38. The summed E-state index contributed by atoms with van der Waals surface area (Å²) in [5.74, 6) is 1.72. The van der Waals surface area contributed by atoms with E-state index in [0.29, 0.717) is 0 Å². The zero-order valence-electron chi connectivity index (χ0n) is 15.0. The van der Waals surface area contributed by atoms with E-state index < -0.39 is 0 Å². The van der Waals surface area contributed by atoms with E-state index in [4.69, 9.17) is 0 Å². The normalized spacial score (nSPS) is 21.2. The van der Waals surface area contributed by atoms with Gasteiger partial charge in [0, 0.05) is 0 Å². The lowest BCUT2D eigenvalue weighted by Crippen LogP contribution is -2.15. The van der Waals surface area contributed by atoms with Gasteiger partial charge in [0.25, 0.3) is 0 Å². The Labute approximate surface area is 144 Å². The highest BCUT2D eigenvalue weighted by molar-refractivity contribution is 6.61. The first-order chi connectivity index (χ1) is 11.3. The Morgan fingerprint density at radius 1 is 1.09 bits per heavy atom. The molecule has 0 heterocycles. The molecule has 0 bridgehead atoms. The van der Waals surface area contributed by atoms with Crippen LogP contribution in [0.25, 0.3) is 0 Å². The topological polar surface area (TPSA) is 0 Å². The molecular weight excluding hydrogens is 292 g/mol. The second-order valence-corrected chi connectivity index (χ2v) is 9.80. The van der Waals surface area contributed by atoms with E-state index in [2.05, 4.69) is 50.3 Å². The van der Waals surface area contributed by atoms with Crippen LogP contribution in [-0.2, 0) is 0 Å². The minimum atomic E-state index is -0.256. The van der Waals surface area contributed by atoms with Gasteiger partial charge in [0.2, 0.25) is 0 Å². The van der Waals surface area contributed by atoms with Gasteiger partial charge in [0.05, 0.1) is 9.52 Å². The van der Waals surface area contributed by atoms with Gasteiger partial charge in [-0.05, 0) is 36.7 Å². The van der Waals surface area contributed by atoms with Crippen LogP contribution in [0.2, 0.25) is 0 Å². The van der Waals surface area contributed by atoms with Crippen molar-refractivity contribution in [3.63, 3.8) is 0 Å². The largest absolute Gasteiger partial charge is 0.0828 e. The summed E-state index contributed by atoms with van der Waals surface area (Å²) in [5, 5.41) is 3.37. The third kappa shape index (κ3) is 4.47. The minimum absolute atomic E-state index is 0.256. The van der Waals surface area contributed by atoms with Gasteiger partial charge in [-0.15, -0.1) is 0 Å². The summed E-state index contributed by atoms with van der Waals surface area (Å²) >= 11 is 0. The second kappa shape index (κ2) is 8.15. The van der Waals surface area contributed by atoms with Crippen LogP contribution in [0.5, 0.6) is 0 Å². The number of hydrogen-bond acceptors (Lipinski definition) is 0. The van der Waals surface area contributed by atoms with Gasteiger partial charge >= 0.3 is 0 Å². The molecule has 0 aliphatic heterocycles. The zero-order valence-corrected chi connectivity index (χ0v) is 16.4. The van der Waals surface area contributed by atoms with Crippen molar-refractivity contribution in [2.75, 3.05) is 0 Å². The zero-order chi connectivity index (χ0) is 16.1. The molecule has 0 aromatic heterocycles. The molecule has 0 spiro atoms. The molecule has 23 heavy (non-hydrogen) atoms. The van der Waals surface area contributed by atoms with E-state index >= 15 is 0 Å². The quantitative estimate of drug-likeness (QED) is 0.640. The highest BCUT2D eigenvalue weighted by Gasteiger charge is 2.23. The number of benzene rings is 1. The van der Waals surface area contributed by atoms with Crippen LogP contribution in [-0.4, -0.2) is 9.52 Å². The van der Waals surface area contributed by atoms with Crippen LogP contribution >= 0.6 is 0 Å². The van der Waals surface area contributed by atoms with Gasteiger partial charge in [-0.3, -0.25) is 0 Å². The summed E-state index contributed by atoms with van der Waals surface area (Å²) in [7, 11) is -0.256. The molecule has 0 radical (unpaired) electrons. The standard InChI is InChI=1S/C22H32Si/c1-3-17(2)22-16-21(23-20-12-8-5-9-13-20)15-19(22)14-18-10-6-4-7-11-18/h5,8-9,12-13,16-18H,3-4,6-7,10-11,14-15,23H2,1-2H3. The monoisotopic (exact) mass is 324 g/mol. The van der Waals surface area contributed by atoms with Crippen LogP contribution in [0.3, 0.4) is 0 Å². The van der Waals surface area contributed by atoms with Gasteiger partial charge in [-0.25, -0.2) is 0 Å². The third-order valence-corrected chi connectivity index (χ3v) is 7.67. The maximum atomic E-state index is 2.62. The van der Waals surface area contributed by atoms with Crippen LogP contribution < -0.4 is 5.19 Å². The summed E-state index contributed by atoms with van der Waals surface area (Å²) in [6, 6.07) is 11.2. The molecule has 1 aromatic rings. The Bertz CT molecular complexity index is 561. The average molecular weight is 325 g/mol. The molecule has 0 saturated heterocycles. The fourth-order valence-electron chi connectivity index (χ4n) is 4.36. The third-order valence-electron chi connectivity index (χ3n) is 5.89. The summed E-state index contributed by atoms with van der Waals surface area (Å²) in [6.07, 6.45) is 13.9. The van der Waals surface area contributed by atoms with Crippen molar-refractivity contribution in [1.29, 1.82) is 0 Å². The summed E-state index contributed by atoms with van der Waals surface area (Å²) in [6.45, 7) is 4.77. The molecule has 0 amide bonds. The molecule has 1 unspecified atom stereocenters. The number of hydrogen-bond donors (Lipinski definition) is 0. The molecule has 3 rings (SSSR count). The van der Waals surface area contributed by atoms with E-state index in [0.717, 1.165) is 11.8 Å². The Hall–Kier alpha value is -1.08. The van der Waals surface area contributed by atoms with Crippen LogP contribution in [0, 0.1) is 11.8 Å². The van der Waals surface area contributed by atoms with Crippen LogP contribution in [0.1, 0.15) is 65.2 Å². The Balaban J connectivity index is 1.69. The van der Waals surface area contributed by atoms with Crippen molar-refractivity contribution in [2.24, 2.45) is 11.8 Å². The smallest absolute Gasteiger partial charge is 0.0783 e. The molecule has 0 nitrogen and oxygen atoms in total. The second-order valence-electron chi connectivity index (χ2n) is 7.72. The van der Waals surface area contributed by atoms with Gasteiger partial charge in [-0.2, -0.15) is 0 Å². The molecule has 0 N–H and O–H groups in total. The van der Waals surface area contributed by atoms with E-state index in [1.807, 2.05) is 5.57 Å². The fraction of sp³-hybridized carbons (Fsp3) is 0.545. The van der Waals surface area contributed by atoms with E-state index in [9.17, 15) is 0 Å². The molecule has 2 aliphatic rings. The van der Waals surface area contributed by atoms with Gasteiger partial charge in [-0.1, -0.05) is 98.3 Å². The van der Waals surface area contributed by atoms with Crippen LogP contribution in [0.4, 0.5) is 0 Å². The van der Waals surface area contributed by atoms with E-state index in [1.54, 1.807) is 16.0 Å². The summed E-state index contributed by atoms with van der Waals surface area (Å²) < 4.78 is 0. The maximum Gasteiger partial charge on any atom is 0.0828 e. The molecular formula is C22H32Si. The van der Waals surface area contributed by atoms with Gasteiger partial charge in [0.1, 0.15) is 0 Å². The molecule has 2 aliphatic carbocycles. The molecule has 1 fully saturated rings. The molecule has 1 atom stereocenters. The lowest BCUT2D eigenvalue weighted by atomic mass is 9.82. The number of rotatable bonds is 6. The van der Waals surface area contributed by atoms with E-state index in [-0.39, 0.29) is 9.52 Å². The first-order valence-corrected chi connectivity index (χ1v) is 11.1. The van der Waals surface area contributed by atoms with Crippen molar-refractivity contribution < 1.29 is 0 Å². The predicted molar refractivity (Wildman–Crippen MR) is 105 cm³/mol. The lowest BCUT2D eigenvalue weighted by Gasteiger charge is -2.23. The SMILES string of the molecule is CCC(C)C1=C(CC2CCCCC2)CC([SiH2]c2ccccc2)=C1. The van der Waals surface area contributed by atoms with Crippen molar-refractivity contribution >= 4 is 14.7 Å². The predicted octanol–water partition coefficient (Wildman–Crippen LogP) is 5.08. The minimum Gasteiger partial charge on any atom is -0.0783 e. The maximum absolute atomic E-state index is 2.62. The highest BCUT2D eigenvalue weighted by atomic mass is 28.2. The van der Waals surface area contributed by atoms with Crippen molar-refractivity contribution in [1.82, 2.24) is 0 Å². The Kier molecular flexibility index (Phi) is 5.94. The van der Waals surface area contributed by atoms with E-state index in [1.165, 1.54) is 51.4 Å². The molecule has 1 aromatic carbocycles. The molecule has 1 saturated carbocycles. The summed E-state index contributed by atoms with van der Waals surface area (Å²) in [4.78, 5) is 0. The van der Waals surface area contributed by atoms with Crippen molar-refractivity contribution in [2.45, 2.75) is 65.2 Å².